The van der Waals surface area contributed by atoms with E-state index in [4.69, 9.17) is 18.5 Å². The van der Waals surface area contributed by atoms with Crippen molar-refractivity contribution in [2.24, 2.45) is 5.92 Å². The monoisotopic (exact) mass is 391 g/mol. The van der Waals surface area contributed by atoms with Crippen LogP contribution in [-0.4, -0.2) is 54.8 Å². The van der Waals surface area contributed by atoms with Crippen molar-refractivity contribution >= 4 is 20.1 Å². The maximum absolute atomic E-state index is 13.1. The van der Waals surface area contributed by atoms with E-state index in [9.17, 15) is 9.18 Å². The summed E-state index contributed by atoms with van der Waals surface area (Å²) in [7, 11) is -1.21. The average Bonchev–Trinajstić information content (AvgIpc) is 2.62. The zero-order valence-electron chi connectivity index (χ0n) is 15.6. The molecule has 0 bridgehead atoms. The number of aromatic nitrogens is 2. The van der Waals surface area contributed by atoms with Crippen LogP contribution in [0.5, 0.6) is 6.01 Å². The summed E-state index contributed by atoms with van der Waals surface area (Å²) in [6, 6.07) is 1.58. The van der Waals surface area contributed by atoms with Gasteiger partial charge in [-0.1, -0.05) is 13.8 Å². The molecule has 1 aromatic rings. The molecule has 1 heterocycles. The second-order valence-electron chi connectivity index (χ2n) is 5.42. The standard InChI is InChI=1S/C16H27FN3O5P/c1-5-24-26(25-6-2)11-23-13(9-17)10-22-16-18-8-7-14(20-16)19-15(21)12(3)4/h7-8,12-13H,5-6,9-11H2,1-4H3,(H,18,19,20,21). The van der Waals surface area contributed by atoms with Gasteiger partial charge in [0.05, 0.1) is 13.2 Å². The van der Waals surface area contributed by atoms with Gasteiger partial charge in [-0.2, -0.15) is 4.98 Å². The Kier molecular flexibility index (Phi) is 11.2. The average molecular weight is 391 g/mol. The summed E-state index contributed by atoms with van der Waals surface area (Å²) in [6.07, 6.45) is 0.811. The van der Waals surface area contributed by atoms with E-state index in [1.807, 2.05) is 13.8 Å². The summed E-state index contributed by atoms with van der Waals surface area (Å²) in [5.74, 6) is -0.0216. The molecule has 0 radical (unpaired) electrons. The third-order valence-corrected chi connectivity index (χ3v) is 4.39. The summed E-state index contributed by atoms with van der Waals surface area (Å²) in [5, 5.41) is 2.65. The molecule has 1 atom stereocenters. The van der Waals surface area contributed by atoms with Crippen molar-refractivity contribution in [3.8, 4) is 6.01 Å². The minimum Gasteiger partial charge on any atom is -0.461 e. The fourth-order valence-corrected chi connectivity index (χ4v) is 2.75. The SMILES string of the molecule is CCOP(COC(CF)COc1nccc(NC(=O)C(C)C)n1)OCC. The van der Waals surface area contributed by atoms with Crippen molar-refractivity contribution in [3.63, 3.8) is 0 Å². The molecule has 8 nitrogen and oxygen atoms in total. The molecule has 1 amide bonds. The van der Waals surface area contributed by atoms with Gasteiger partial charge in [-0.05, 0) is 19.9 Å². The number of ether oxygens (including phenoxy) is 2. The van der Waals surface area contributed by atoms with Gasteiger partial charge in [0.2, 0.25) is 5.91 Å². The smallest absolute Gasteiger partial charge is 0.318 e. The van der Waals surface area contributed by atoms with E-state index in [0.717, 1.165) is 0 Å². The van der Waals surface area contributed by atoms with Crippen molar-refractivity contribution < 1.29 is 27.7 Å². The zero-order valence-corrected chi connectivity index (χ0v) is 16.5. The number of amides is 1. The van der Waals surface area contributed by atoms with Crippen LogP contribution in [-0.2, 0) is 18.6 Å². The maximum Gasteiger partial charge on any atom is 0.318 e. The van der Waals surface area contributed by atoms with Gasteiger partial charge in [-0.3, -0.25) is 4.79 Å². The Morgan fingerprint density at radius 1 is 1.31 bits per heavy atom. The number of alkyl halides is 1. The van der Waals surface area contributed by atoms with E-state index in [1.54, 1.807) is 19.9 Å². The highest BCUT2D eigenvalue weighted by Gasteiger charge is 2.17. The summed E-state index contributed by atoms with van der Waals surface area (Å²) in [6.45, 7) is 7.44. The first kappa shape index (κ1) is 22.6. The molecule has 0 saturated heterocycles. The molecule has 10 heteroatoms. The lowest BCUT2D eigenvalue weighted by molar-refractivity contribution is -0.118. The van der Waals surface area contributed by atoms with E-state index in [2.05, 4.69) is 15.3 Å². The first-order valence-electron chi connectivity index (χ1n) is 8.47. The van der Waals surface area contributed by atoms with Crippen LogP contribution in [0.4, 0.5) is 10.2 Å². The van der Waals surface area contributed by atoms with E-state index >= 15 is 0 Å². The molecule has 26 heavy (non-hydrogen) atoms. The van der Waals surface area contributed by atoms with E-state index in [0.29, 0.717) is 19.0 Å². The fourth-order valence-electron chi connectivity index (χ4n) is 1.62. The van der Waals surface area contributed by atoms with E-state index < -0.39 is 21.2 Å². The van der Waals surface area contributed by atoms with Crippen LogP contribution in [0.1, 0.15) is 27.7 Å². The minimum absolute atomic E-state index is 0.0329. The number of nitrogens with zero attached hydrogens (tertiary/aromatic N) is 2. The Morgan fingerprint density at radius 3 is 2.58 bits per heavy atom. The van der Waals surface area contributed by atoms with Crippen molar-refractivity contribution in [2.75, 3.05) is 38.2 Å². The Hall–Kier alpha value is -1.41. The quantitative estimate of drug-likeness (QED) is 0.517. The number of anilines is 1. The van der Waals surface area contributed by atoms with Gasteiger partial charge in [0, 0.05) is 12.1 Å². The second kappa shape index (κ2) is 12.9. The molecule has 0 fully saturated rings. The number of carbonyl (C=O) groups excluding carboxylic acids is 1. The summed E-state index contributed by atoms with van der Waals surface area (Å²) >= 11 is 0. The van der Waals surface area contributed by atoms with Gasteiger partial charge < -0.3 is 23.8 Å². The lowest BCUT2D eigenvalue weighted by Gasteiger charge is -2.19. The molecular formula is C16H27FN3O5P. The molecular weight excluding hydrogens is 364 g/mol. The van der Waals surface area contributed by atoms with Crippen LogP contribution in [0.3, 0.4) is 0 Å². The van der Waals surface area contributed by atoms with Crippen LogP contribution in [0.15, 0.2) is 12.3 Å². The first-order valence-corrected chi connectivity index (χ1v) is 9.84. The normalized spacial score (nSPS) is 12.4. The molecule has 0 aromatic carbocycles. The largest absolute Gasteiger partial charge is 0.461 e. The van der Waals surface area contributed by atoms with Gasteiger partial charge in [0.1, 0.15) is 31.6 Å². The van der Waals surface area contributed by atoms with E-state index in [-0.39, 0.29) is 30.8 Å². The third kappa shape index (κ3) is 8.80. The summed E-state index contributed by atoms with van der Waals surface area (Å²) in [4.78, 5) is 19.7. The minimum atomic E-state index is -1.21. The van der Waals surface area contributed by atoms with Gasteiger partial charge in [-0.25, -0.2) is 9.37 Å². The second-order valence-corrected chi connectivity index (χ2v) is 6.86. The van der Waals surface area contributed by atoms with Crippen LogP contribution < -0.4 is 10.1 Å². The van der Waals surface area contributed by atoms with Crippen LogP contribution in [0, 0.1) is 5.92 Å². The molecule has 148 valence electrons. The van der Waals surface area contributed by atoms with Gasteiger partial charge in [0.25, 0.3) is 0 Å². The number of hydrogen-bond acceptors (Lipinski definition) is 7. The van der Waals surface area contributed by atoms with Gasteiger partial charge in [0.15, 0.2) is 8.38 Å². The van der Waals surface area contributed by atoms with Crippen molar-refractivity contribution in [1.82, 2.24) is 9.97 Å². The maximum atomic E-state index is 13.1. The lowest BCUT2D eigenvalue weighted by atomic mass is 10.2. The highest BCUT2D eigenvalue weighted by atomic mass is 31.2. The highest BCUT2D eigenvalue weighted by molar-refractivity contribution is 7.47. The molecule has 0 spiro atoms. The molecule has 0 saturated carbocycles. The molecule has 0 aliphatic carbocycles. The molecule has 1 aromatic heterocycles. The highest BCUT2D eigenvalue weighted by Crippen LogP contribution is 2.38. The van der Waals surface area contributed by atoms with Crippen molar-refractivity contribution in [2.45, 2.75) is 33.8 Å². The number of hydrogen-bond donors (Lipinski definition) is 1. The number of nitrogens with one attached hydrogen (secondary N) is 1. The Bertz CT molecular complexity index is 532. The fraction of sp³-hybridized carbons (Fsp3) is 0.688. The van der Waals surface area contributed by atoms with Crippen LogP contribution in [0.2, 0.25) is 0 Å². The first-order chi connectivity index (χ1) is 12.5. The molecule has 0 aliphatic rings. The predicted octanol–water partition coefficient (Wildman–Crippen LogP) is 3.15. The van der Waals surface area contributed by atoms with Crippen molar-refractivity contribution in [3.05, 3.63) is 12.3 Å². The number of halogens is 1. The van der Waals surface area contributed by atoms with Gasteiger partial charge >= 0.3 is 6.01 Å². The van der Waals surface area contributed by atoms with E-state index in [1.165, 1.54) is 6.20 Å². The van der Waals surface area contributed by atoms with Crippen LogP contribution >= 0.6 is 8.38 Å². The summed E-state index contributed by atoms with van der Waals surface area (Å²) < 4.78 is 34.8. The Balaban J connectivity index is 2.50. The zero-order chi connectivity index (χ0) is 19.4. The molecule has 0 aliphatic heterocycles. The summed E-state index contributed by atoms with van der Waals surface area (Å²) in [5.41, 5.74) is 0. The Morgan fingerprint density at radius 2 is 2.00 bits per heavy atom. The molecule has 1 rings (SSSR count). The van der Waals surface area contributed by atoms with Crippen molar-refractivity contribution in [1.29, 1.82) is 0 Å². The third-order valence-electron chi connectivity index (χ3n) is 2.94. The molecule has 1 N–H and O–H groups in total. The predicted molar refractivity (Wildman–Crippen MR) is 96.9 cm³/mol. The van der Waals surface area contributed by atoms with Gasteiger partial charge in [-0.15, -0.1) is 0 Å². The Labute approximate surface area is 154 Å². The van der Waals surface area contributed by atoms with Crippen LogP contribution in [0.25, 0.3) is 0 Å². The topological polar surface area (TPSA) is 91.8 Å². The lowest BCUT2D eigenvalue weighted by Crippen LogP contribution is -2.25. The number of rotatable bonds is 13. The molecule has 1 unspecified atom stereocenters. The number of carbonyl (C=O) groups is 1.